The monoisotopic (exact) mass is 463 g/mol. The standard InChI is InChI=1S/C26H26ClN3O3/c1-15-12-21(32)19(14-20(15)27)23-22-24(29-28-23)26(33)30(10-11-31)25(22)18-9-5-8-17(13-18)16-6-3-2-4-7-16/h2-9,12-14,22-25,28-29,31-32H,10-11H2,1H3. The fourth-order valence-corrected chi connectivity index (χ4v) is 5.36. The van der Waals surface area contributed by atoms with Crippen molar-refractivity contribution in [3.63, 3.8) is 0 Å². The van der Waals surface area contributed by atoms with E-state index in [4.69, 9.17) is 11.6 Å². The molecule has 5 rings (SSSR count). The summed E-state index contributed by atoms with van der Waals surface area (Å²) in [6.45, 7) is 1.95. The molecule has 0 saturated carbocycles. The van der Waals surface area contributed by atoms with E-state index in [9.17, 15) is 15.0 Å². The first-order chi connectivity index (χ1) is 16.0. The number of likely N-dealkylation sites (tertiary alicyclic amines) is 1. The van der Waals surface area contributed by atoms with E-state index < -0.39 is 6.04 Å². The molecule has 3 aromatic carbocycles. The van der Waals surface area contributed by atoms with Gasteiger partial charge in [-0.15, -0.1) is 0 Å². The number of fused-ring (bicyclic) bond motifs is 1. The Kier molecular flexibility index (Phi) is 5.85. The molecule has 0 radical (unpaired) electrons. The molecule has 4 unspecified atom stereocenters. The van der Waals surface area contributed by atoms with Crippen molar-refractivity contribution >= 4 is 17.5 Å². The molecule has 4 N–H and O–H groups in total. The van der Waals surface area contributed by atoms with Crippen molar-refractivity contribution < 1.29 is 15.0 Å². The highest BCUT2D eigenvalue weighted by Crippen LogP contribution is 2.49. The van der Waals surface area contributed by atoms with E-state index >= 15 is 0 Å². The normalized spacial score (nSPS) is 24.3. The largest absolute Gasteiger partial charge is 0.508 e. The van der Waals surface area contributed by atoms with E-state index in [1.807, 2.05) is 37.3 Å². The molecular weight excluding hydrogens is 438 g/mol. The van der Waals surface area contributed by atoms with Gasteiger partial charge < -0.3 is 15.1 Å². The highest BCUT2D eigenvalue weighted by atomic mass is 35.5. The molecule has 1 amide bonds. The summed E-state index contributed by atoms with van der Waals surface area (Å²) in [5.41, 5.74) is 10.9. The van der Waals surface area contributed by atoms with Crippen LogP contribution in [-0.4, -0.2) is 40.2 Å². The zero-order chi connectivity index (χ0) is 23.1. The lowest BCUT2D eigenvalue weighted by Gasteiger charge is -2.31. The number of hydrazine groups is 1. The van der Waals surface area contributed by atoms with Crippen LogP contribution in [0.15, 0.2) is 66.7 Å². The van der Waals surface area contributed by atoms with Gasteiger partial charge in [-0.25, -0.2) is 10.9 Å². The average Bonchev–Trinajstić information content (AvgIpc) is 3.36. The fourth-order valence-electron chi connectivity index (χ4n) is 5.19. The van der Waals surface area contributed by atoms with Crippen molar-refractivity contribution in [3.8, 4) is 16.9 Å². The lowest BCUT2D eigenvalue weighted by Crippen LogP contribution is -2.42. The molecule has 7 heteroatoms. The minimum atomic E-state index is -0.480. The third-order valence-corrected chi connectivity index (χ3v) is 7.14. The number of aromatic hydroxyl groups is 1. The van der Waals surface area contributed by atoms with Gasteiger partial charge in [-0.3, -0.25) is 4.79 Å². The molecule has 2 aliphatic heterocycles. The number of amides is 1. The topological polar surface area (TPSA) is 84.8 Å². The Morgan fingerprint density at radius 2 is 1.70 bits per heavy atom. The van der Waals surface area contributed by atoms with Gasteiger partial charge in [0.05, 0.1) is 18.7 Å². The molecule has 170 valence electrons. The van der Waals surface area contributed by atoms with E-state index in [-0.39, 0.29) is 42.8 Å². The molecule has 33 heavy (non-hydrogen) atoms. The quantitative estimate of drug-likeness (QED) is 0.463. The maximum atomic E-state index is 13.3. The number of nitrogens with one attached hydrogen (secondary N) is 2. The van der Waals surface area contributed by atoms with Gasteiger partial charge in [-0.1, -0.05) is 60.1 Å². The van der Waals surface area contributed by atoms with Crippen LogP contribution in [0, 0.1) is 12.8 Å². The highest BCUT2D eigenvalue weighted by Gasteiger charge is 2.55. The molecule has 2 heterocycles. The number of hydrogen-bond acceptors (Lipinski definition) is 5. The van der Waals surface area contributed by atoms with E-state index in [1.54, 1.807) is 17.0 Å². The summed E-state index contributed by atoms with van der Waals surface area (Å²) < 4.78 is 0. The Morgan fingerprint density at radius 3 is 2.45 bits per heavy atom. The van der Waals surface area contributed by atoms with Gasteiger partial charge in [-0.05, 0) is 47.4 Å². The van der Waals surface area contributed by atoms with Crippen LogP contribution in [0.25, 0.3) is 11.1 Å². The van der Waals surface area contributed by atoms with E-state index in [2.05, 4.69) is 35.1 Å². The van der Waals surface area contributed by atoms with Crippen molar-refractivity contribution in [2.75, 3.05) is 13.2 Å². The number of β-amino-alcohol motifs (C(OH)–C–C–N with tert-alkyl or cyclic N) is 1. The molecular formula is C26H26ClN3O3. The summed E-state index contributed by atoms with van der Waals surface area (Å²) in [7, 11) is 0. The Hall–Kier alpha value is -2.90. The van der Waals surface area contributed by atoms with Crippen LogP contribution in [0.2, 0.25) is 5.02 Å². The van der Waals surface area contributed by atoms with Crippen molar-refractivity contribution in [2.24, 2.45) is 5.92 Å². The van der Waals surface area contributed by atoms with Crippen molar-refractivity contribution in [3.05, 3.63) is 88.4 Å². The smallest absolute Gasteiger partial charge is 0.242 e. The summed E-state index contributed by atoms with van der Waals surface area (Å²) >= 11 is 6.39. The first-order valence-electron chi connectivity index (χ1n) is 11.1. The van der Waals surface area contributed by atoms with Gasteiger partial charge >= 0.3 is 0 Å². The number of benzene rings is 3. The van der Waals surface area contributed by atoms with Crippen LogP contribution in [0.4, 0.5) is 0 Å². The molecule has 4 atom stereocenters. The number of rotatable bonds is 5. The zero-order valence-electron chi connectivity index (χ0n) is 18.2. The van der Waals surface area contributed by atoms with Crippen molar-refractivity contribution in [2.45, 2.75) is 25.0 Å². The predicted molar refractivity (Wildman–Crippen MR) is 128 cm³/mol. The van der Waals surface area contributed by atoms with Crippen LogP contribution in [0.3, 0.4) is 0 Å². The number of carbonyl (C=O) groups excluding carboxylic acids is 1. The molecule has 2 aliphatic rings. The predicted octanol–water partition coefficient (Wildman–Crippen LogP) is 3.73. The second kappa shape index (κ2) is 8.80. The van der Waals surface area contributed by atoms with E-state index in [1.165, 1.54) is 0 Å². The van der Waals surface area contributed by atoms with Crippen molar-refractivity contribution in [1.29, 1.82) is 0 Å². The number of aliphatic hydroxyl groups excluding tert-OH is 1. The lowest BCUT2D eigenvalue weighted by atomic mass is 9.82. The number of nitrogens with zero attached hydrogens (tertiary/aromatic N) is 1. The average molecular weight is 464 g/mol. The number of aliphatic hydroxyl groups is 1. The second-order valence-electron chi connectivity index (χ2n) is 8.67. The van der Waals surface area contributed by atoms with Gasteiger partial charge in [-0.2, -0.15) is 0 Å². The number of carbonyl (C=O) groups is 1. The van der Waals surface area contributed by atoms with Gasteiger partial charge in [0.25, 0.3) is 0 Å². The summed E-state index contributed by atoms with van der Waals surface area (Å²) in [5, 5.41) is 21.0. The van der Waals surface area contributed by atoms with Gasteiger partial charge in [0.15, 0.2) is 0 Å². The highest BCUT2D eigenvalue weighted by molar-refractivity contribution is 6.31. The molecule has 2 fully saturated rings. The van der Waals surface area contributed by atoms with E-state index in [0.717, 1.165) is 22.3 Å². The Morgan fingerprint density at radius 1 is 0.970 bits per heavy atom. The second-order valence-corrected chi connectivity index (χ2v) is 9.08. The minimum absolute atomic E-state index is 0.0723. The molecule has 6 nitrogen and oxygen atoms in total. The third-order valence-electron chi connectivity index (χ3n) is 6.73. The summed E-state index contributed by atoms with van der Waals surface area (Å²) in [6.07, 6.45) is 0. The van der Waals surface area contributed by atoms with Crippen LogP contribution in [0.5, 0.6) is 5.75 Å². The van der Waals surface area contributed by atoms with Crippen LogP contribution in [-0.2, 0) is 4.79 Å². The molecule has 0 bridgehead atoms. The number of hydrogen-bond donors (Lipinski definition) is 4. The lowest BCUT2D eigenvalue weighted by molar-refractivity contribution is -0.131. The SMILES string of the molecule is Cc1cc(O)c(C2NNC3C(=O)N(CCO)C(c4cccc(-c5ccccc5)c4)C32)cc1Cl. The number of halogens is 1. The van der Waals surface area contributed by atoms with Crippen molar-refractivity contribution in [1.82, 2.24) is 15.8 Å². The molecule has 2 saturated heterocycles. The Labute approximate surface area is 197 Å². The van der Waals surface area contributed by atoms with E-state index in [0.29, 0.717) is 10.6 Å². The summed E-state index contributed by atoms with van der Waals surface area (Å²) in [6, 6.07) is 20.6. The van der Waals surface area contributed by atoms with Gasteiger partial charge in [0.2, 0.25) is 5.91 Å². The maximum Gasteiger partial charge on any atom is 0.242 e. The Balaban J connectivity index is 1.60. The molecule has 0 spiro atoms. The number of aryl methyl sites for hydroxylation is 1. The molecule has 0 aliphatic carbocycles. The summed E-state index contributed by atoms with van der Waals surface area (Å²) in [4.78, 5) is 15.1. The summed E-state index contributed by atoms with van der Waals surface area (Å²) in [5.74, 6) is -0.140. The fraction of sp³-hybridized carbons (Fsp3) is 0.269. The number of phenols is 1. The third kappa shape index (κ3) is 3.79. The number of phenolic OH excluding ortho intramolecular Hbond substituents is 1. The molecule has 0 aromatic heterocycles. The zero-order valence-corrected chi connectivity index (χ0v) is 19.0. The first-order valence-corrected chi connectivity index (χ1v) is 11.4. The van der Waals surface area contributed by atoms with Gasteiger partial charge in [0, 0.05) is 23.0 Å². The van der Waals surface area contributed by atoms with Crippen LogP contribution in [0.1, 0.15) is 28.8 Å². The minimum Gasteiger partial charge on any atom is -0.508 e. The van der Waals surface area contributed by atoms with Crippen LogP contribution >= 0.6 is 11.6 Å². The van der Waals surface area contributed by atoms with Gasteiger partial charge in [0.1, 0.15) is 11.8 Å². The maximum absolute atomic E-state index is 13.3. The Bertz CT molecular complexity index is 1190. The molecule has 3 aromatic rings. The van der Waals surface area contributed by atoms with Crippen LogP contribution < -0.4 is 10.9 Å². The first kappa shape index (κ1) is 21.9.